The molecule has 0 aliphatic carbocycles. The summed E-state index contributed by atoms with van der Waals surface area (Å²) in [4.78, 5) is 14.4. The van der Waals surface area contributed by atoms with Crippen LogP contribution in [0.15, 0.2) is 41.7 Å². The summed E-state index contributed by atoms with van der Waals surface area (Å²) in [6.45, 7) is 0. The van der Waals surface area contributed by atoms with Gasteiger partial charge in [-0.15, -0.1) is 4.91 Å². The SMILES string of the molecule is COc1cc(F)cc(Nc2cc(N=O)ccn2)c1. The summed E-state index contributed by atoms with van der Waals surface area (Å²) in [7, 11) is 1.45. The maximum absolute atomic E-state index is 13.3. The molecule has 0 bridgehead atoms. The summed E-state index contributed by atoms with van der Waals surface area (Å²) in [6.07, 6.45) is 1.44. The largest absolute Gasteiger partial charge is 0.497 e. The van der Waals surface area contributed by atoms with E-state index in [1.54, 1.807) is 6.07 Å². The number of anilines is 2. The molecule has 0 saturated carbocycles. The van der Waals surface area contributed by atoms with Gasteiger partial charge in [0.05, 0.1) is 7.11 Å². The van der Waals surface area contributed by atoms with E-state index in [2.05, 4.69) is 15.5 Å². The lowest BCUT2D eigenvalue weighted by Gasteiger charge is -2.07. The van der Waals surface area contributed by atoms with Gasteiger partial charge in [0.1, 0.15) is 23.1 Å². The molecule has 2 aromatic rings. The Balaban J connectivity index is 2.27. The number of rotatable bonds is 4. The molecule has 0 radical (unpaired) electrons. The lowest BCUT2D eigenvalue weighted by Crippen LogP contribution is -1.94. The van der Waals surface area contributed by atoms with Crippen LogP contribution < -0.4 is 10.1 Å². The first-order valence-electron chi connectivity index (χ1n) is 5.12. The van der Waals surface area contributed by atoms with E-state index < -0.39 is 5.82 Å². The second-order valence-electron chi connectivity index (χ2n) is 3.50. The van der Waals surface area contributed by atoms with Gasteiger partial charge in [-0.2, -0.15) is 0 Å². The predicted molar refractivity (Wildman–Crippen MR) is 65.9 cm³/mol. The molecule has 0 unspecified atom stereocenters. The molecule has 2 rings (SSSR count). The molecule has 0 fully saturated rings. The Bertz CT molecular complexity index is 575. The van der Waals surface area contributed by atoms with Crippen LogP contribution in [0.25, 0.3) is 0 Å². The van der Waals surface area contributed by atoms with Crippen molar-refractivity contribution in [2.24, 2.45) is 5.18 Å². The predicted octanol–water partition coefficient (Wildman–Crippen LogP) is 3.37. The summed E-state index contributed by atoms with van der Waals surface area (Å²) in [5, 5.41) is 5.66. The van der Waals surface area contributed by atoms with Gasteiger partial charge >= 0.3 is 0 Å². The van der Waals surface area contributed by atoms with Crippen LogP contribution in [-0.2, 0) is 0 Å². The second-order valence-corrected chi connectivity index (χ2v) is 3.50. The molecule has 18 heavy (non-hydrogen) atoms. The fraction of sp³-hybridized carbons (Fsp3) is 0.0833. The van der Waals surface area contributed by atoms with Crippen LogP contribution in [0.3, 0.4) is 0 Å². The normalized spacial score (nSPS) is 9.89. The van der Waals surface area contributed by atoms with Gasteiger partial charge in [0, 0.05) is 30.1 Å². The minimum absolute atomic E-state index is 0.246. The number of benzene rings is 1. The van der Waals surface area contributed by atoms with Crippen molar-refractivity contribution in [2.75, 3.05) is 12.4 Å². The van der Waals surface area contributed by atoms with Gasteiger partial charge in [0.15, 0.2) is 0 Å². The third kappa shape index (κ3) is 2.79. The Kier molecular flexibility index (Phi) is 3.47. The monoisotopic (exact) mass is 247 g/mol. The topological polar surface area (TPSA) is 63.6 Å². The Morgan fingerprint density at radius 2 is 2.17 bits per heavy atom. The Labute approximate surface area is 103 Å². The smallest absolute Gasteiger partial charge is 0.132 e. The molecule has 0 aliphatic rings. The molecule has 6 heteroatoms. The van der Waals surface area contributed by atoms with Crippen molar-refractivity contribution in [3.8, 4) is 5.75 Å². The number of halogens is 1. The number of pyridine rings is 1. The van der Waals surface area contributed by atoms with Crippen molar-refractivity contribution in [1.29, 1.82) is 0 Å². The third-order valence-corrected chi connectivity index (χ3v) is 2.23. The Hall–Kier alpha value is -2.50. The van der Waals surface area contributed by atoms with E-state index in [9.17, 15) is 9.30 Å². The third-order valence-electron chi connectivity index (χ3n) is 2.23. The number of hydrogen-bond donors (Lipinski definition) is 1. The minimum atomic E-state index is -0.429. The number of nitrogens with one attached hydrogen (secondary N) is 1. The van der Waals surface area contributed by atoms with E-state index >= 15 is 0 Å². The summed E-state index contributed by atoms with van der Waals surface area (Å²) < 4.78 is 18.2. The average molecular weight is 247 g/mol. The summed E-state index contributed by atoms with van der Waals surface area (Å²) in [5.41, 5.74) is 0.721. The molecule has 1 heterocycles. The molecule has 0 atom stereocenters. The zero-order chi connectivity index (χ0) is 13.0. The zero-order valence-electron chi connectivity index (χ0n) is 9.55. The number of nitroso groups, excluding NO2 is 1. The average Bonchev–Trinajstić information content (AvgIpc) is 2.38. The van der Waals surface area contributed by atoms with E-state index in [0.717, 1.165) is 0 Å². The van der Waals surface area contributed by atoms with Crippen molar-refractivity contribution < 1.29 is 9.13 Å². The van der Waals surface area contributed by atoms with Gasteiger partial charge in [-0.25, -0.2) is 9.37 Å². The van der Waals surface area contributed by atoms with Gasteiger partial charge in [0.2, 0.25) is 0 Å². The van der Waals surface area contributed by atoms with E-state index in [0.29, 0.717) is 17.3 Å². The van der Waals surface area contributed by atoms with Crippen LogP contribution in [0.4, 0.5) is 21.6 Å². The number of nitrogens with zero attached hydrogens (tertiary/aromatic N) is 2. The highest BCUT2D eigenvalue weighted by Gasteiger charge is 2.03. The second kappa shape index (κ2) is 5.22. The number of methoxy groups -OCH3 is 1. The summed E-state index contributed by atoms with van der Waals surface area (Å²) >= 11 is 0. The van der Waals surface area contributed by atoms with E-state index in [1.807, 2.05) is 0 Å². The van der Waals surface area contributed by atoms with Crippen molar-refractivity contribution in [3.05, 3.63) is 47.3 Å². The molecule has 92 valence electrons. The van der Waals surface area contributed by atoms with Gasteiger partial charge in [-0.3, -0.25) is 0 Å². The van der Waals surface area contributed by atoms with Crippen LogP contribution in [-0.4, -0.2) is 12.1 Å². The summed E-state index contributed by atoms with van der Waals surface area (Å²) in [5.74, 6) is 0.364. The molecule has 0 aliphatic heterocycles. The van der Waals surface area contributed by atoms with Crippen molar-refractivity contribution in [1.82, 2.24) is 4.98 Å². The van der Waals surface area contributed by atoms with Gasteiger partial charge in [0.25, 0.3) is 0 Å². The lowest BCUT2D eigenvalue weighted by molar-refractivity contribution is 0.411. The first-order valence-corrected chi connectivity index (χ1v) is 5.12. The molecule has 5 nitrogen and oxygen atoms in total. The maximum atomic E-state index is 13.3. The fourth-order valence-electron chi connectivity index (χ4n) is 1.45. The standard InChI is InChI=1S/C12H10FN3O2/c1-18-11-5-8(13)4-10(6-11)15-12-7-9(16-17)2-3-14-12/h2-7H,1H3,(H,14,15). The first kappa shape index (κ1) is 12.0. The molecular weight excluding hydrogens is 237 g/mol. The minimum Gasteiger partial charge on any atom is -0.497 e. The van der Waals surface area contributed by atoms with Gasteiger partial charge < -0.3 is 10.1 Å². The molecule has 1 aromatic carbocycles. The highest BCUT2D eigenvalue weighted by Crippen LogP contribution is 2.24. The lowest BCUT2D eigenvalue weighted by atomic mass is 10.3. The van der Waals surface area contributed by atoms with Gasteiger partial charge in [-0.1, -0.05) is 0 Å². The highest BCUT2D eigenvalue weighted by atomic mass is 19.1. The van der Waals surface area contributed by atoms with Crippen LogP contribution in [0, 0.1) is 10.7 Å². The molecule has 1 aromatic heterocycles. The van der Waals surface area contributed by atoms with Crippen molar-refractivity contribution in [3.63, 3.8) is 0 Å². The Morgan fingerprint density at radius 1 is 1.33 bits per heavy atom. The van der Waals surface area contributed by atoms with E-state index in [-0.39, 0.29) is 5.69 Å². The highest BCUT2D eigenvalue weighted by molar-refractivity contribution is 5.61. The molecule has 1 N–H and O–H groups in total. The summed E-state index contributed by atoms with van der Waals surface area (Å²) in [6, 6.07) is 7.12. The maximum Gasteiger partial charge on any atom is 0.132 e. The van der Waals surface area contributed by atoms with Gasteiger partial charge in [-0.05, 0) is 17.3 Å². The Morgan fingerprint density at radius 3 is 2.89 bits per heavy atom. The zero-order valence-corrected chi connectivity index (χ0v) is 9.55. The number of hydrogen-bond acceptors (Lipinski definition) is 5. The molecule has 0 saturated heterocycles. The van der Waals surface area contributed by atoms with Crippen LogP contribution in [0.1, 0.15) is 0 Å². The van der Waals surface area contributed by atoms with Crippen molar-refractivity contribution >= 4 is 17.2 Å². The number of ether oxygens (including phenoxy) is 1. The molecule has 0 amide bonds. The quantitative estimate of drug-likeness (QED) is 0.841. The van der Waals surface area contributed by atoms with E-state index in [4.69, 9.17) is 4.74 Å². The van der Waals surface area contributed by atoms with Crippen LogP contribution >= 0.6 is 0 Å². The van der Waals surface area contributed by atoms with E-state index in [1.165, 1.54) is 37.6 Å². The van der Waals surface area contributed by atoms with Crippen LogP contribution in [0.5, 0.6) is 5.75 Å². The molecule has 0 spiro atoms. The number of aromatic nitrogens is 1. The van der Waals surface area contributed by atoms with Crippen molar-refractivity contribution in [2.45, 2.75) is 0 Å². The van der Waals surface area contributed by atoms with Crippen LogP contribution in [0.2, 0.25) is 0 Å². The molecular formula is C12H10FN3O2. The first-order chi connectivity index (χ1) is 8.71. The fourth-order valence-corrected chi connectivity index (χ4v) is 1.45.